The third-order valence-corrected chi connectivity index (χ3v) is 7.62. The zero-order valence-corrected chi connectivity index (χ0v) is 20.4. The fraction of sp³-hybridized carbons (Fsp3) is 0.269. The van der Waals surface area contributed by atoms with E-state index in [2.05, 4.69) is 47.9 Å². The highest BCUT2D eigenvalue weighted by atomic mass is 32.2. The van der Waals surface area contributed by atoms with E-state index in [1.807, 2.05) is 29.8 Å². The van der Waals surface area contributed by atoms with Crippen molar-refractivity contribution in [2.24, 2.45) is 0 Å². The van der Waals surface area contributed by atoms with Crippen molar-refractivity contribution in [2.45, 2.75) is 50.1 Å². The summed E-state index contributed by atoms with van der Waals surface area (Å²) in [6.45, 7) is 3.71. The zero-order chi connectivity index (χ0) is 22.8. The Morgan fingerprint density at radius 1 is 1.15 bits per heavy atom. The lowest BCUT2D eigenvalue weighted by atomic mass is 10.1. The largest absolute Gasteiger partial charge is 0.316 e. The molecule has 0 spiro atoms. The Labute approximate surface area is 202 Å². The van der Waals surface area contributed by atoms with Gasteiger partial charge in [0.05, 0.1) is 23.3 Å². The third-order valence-electron chi connectivity index (χ3n) is 5.74. The molecule has 0 saturated heterocycles. The summed E-state index contributed by atoms with van der Waals surface area (Å²) in [6, 6.07) is 19.1. The smallest absolute Gasteiger partial charge is 0.230 e. The van der Waals surface area contributed by atoms with Gasteiger partial charge in [-0.15, -0.1) is 11.3 Å². The van der Waals surface area contributed by atoms with E-state index in [0.29, 0.717) is 11.2 Å². The fourth-order valence-electron chi connectivity index (χ4n) is 3.87. The van der Waals surface area contributed by atoms with Crippen LogP contribution in [0.1, 0.15) is 44.0 Å². The minimum Gasteiger partial charge on any atom is -0.316 e. The number of carbonyl (C=O) groups is 1. The second-order valence-electron chi connectivity index (χ2n) is 8.18. The molecule has 4 aromatic rings. The molecule has 5 rings (SSSR count). The second-order valence-corrected chi connectivity index (χ2v) is 9.96. The number of hydrogen-bond acceptors (Lipinski definition) is 5. The Balaban J connectivity index is 1.34. The van der Waals surface area contributed by atoms with Crippen LogP contribution in [0.4, 0.5) is 10.8 Å². The van der Waals surface area contributed by atoms with Crippen LogP contribution >= 0.6 is 23.1 Å². The average Bonchev–Trinajstić information content (AvgIpc) is 3.42. The normalized spacial score (nSPS) is 13.3. The summed E-state index contributed by atoms with van der Waals surface area (Å²) in [6.07, 6.45) is 5.37. The summed E-state index contributed by atoms with van der Waals surface area (Å²) < 4.78 is 2.38. The summed E-state index contributed by atoms with van der Waals surface area (Å²) >= 11 is 3.22. The first-order valence-corrected chi connectivity index (χ1v) is 13.1. The van der Waals surface area contributed by atoms with E-state index in [0.717, 1.165) is 28.7 Å². The molecule has 0 atom stereocenters. The third kappa shape index (κ3) is 4.75. The van der Waals surface area contributed by atoms with E-state index in [-0.39, 0.29) is 5.91 Å². The number of imidazole rings is 1. The lowest BCUT2D eigenvalue weighted by molar-refractivity contribution is -0.115. The highest BCUT2D eigenvalue weighted by molar-refractivity contribution is 7.98. The first-order chi connectivity index (χ1) is 16.1. The Morgan fingerprint density at radius 3 is 2.58 bits per heavy atom. The molecular weight excluding hydrogens is 448 g/mol. The van der Waals surface area contributed by atoms with E-state index >= 15 is 0 Å². The molecule has 168 valence electrons. The quantitative estimate of drug-likeness (QED) is 0.261. The van der Waals surface area contributed by atoms with Crippen molar-refractivity contribution in [2.75, 3.05) is 4.90 Å². The van der Waals surface area contributed by atoms with Gasteiger partial charge in [0.15, 0.2) is 10.3 Å². The number of thiazole rings is 1. The zero-order valence-electron chi connectivity index (χ0n) is 18.8. The molecule has 2 aromatic carbocycles. The van der Waals surface area contributed by atoms with Crippen LogP contribution in [0.15, 0.2) is 71.3 Å². The molecule has 1 fully saturated rings. The van der Waals surface area contributed by atoms with Crippen molar-refractivity contribution >= 4 is 39.8 Å². The van der Waals surface area contributed by atoms with Gasteiger partial charge in [0.1, 0.15) is 0 Å². The molecule has 0 aliphatic heterocycles. The lowest BCUT2D eigenvalue weighted by Crippen LogP contribution is -2.22. The Kier molecular flexibility index (Phi) is 6.33. The number of anilines is 2. The van der Waals surface area contributed by atoms with Crippen molar-refractivity contribution in [1.29, 1.82) is 0 Å². The van der Waals surface area contributed by atoms with Crippen LogP contribution in [-0.2, 0) is 17.0 Å². The Morgan fingerprint density at radius 2 is 1.91 bits per heavy atom. The van der Waals surface area contributed by atoms with Gasteiger partial charge < -0.3 is 4.57 Å². The van der Waals surface area contributed by atoms with Crippen LogP contribution in [-0.4, -0.2) is 20.4 Å². The van der Waals surface area contributed by atoms with Gasteiger partial charge in [0.25, 0.3) is 0 Å². The predicted octanol–water partition coefficient (Wildman–Crippen LogP) is 6.88. The molecule has 0 N–H and O–H groups in total. The minimum atomic E-state index is -0.0374. The van der Waals surface area contributed by atoms with E-state index in [4.69, 9.17) is 9.97 Å². The number of carbonyl (C=O) groups excluding carboxylic acids is 1. The highest BCUT2D eigenvalue weighted by Crippen LogP contribution is 2.42. The average molecular weight is 475 g/mol. The SMILES string of the molecule is CCc1ccc(N(C(C)=O)c2nc(CSc3ncc(-c4ccccc4)n3C3CC3)cs2)cc1. The molecule has 33 heavy (non-hydrogen) atoms. The van der Waals surface area contributed by atoms with Crippen molar-refractivity contribution in [3.63, 3.8) is 0 Å². The van der Waals surface area contributed by atoms with Gasteiger partial charge in [0.2, 0.25) is 5.91 Å². The number of aryl methyl sites for hydroxylation is 1. The maximum Gasteiger partial charge on any atom is 0.230 e. The maximum absolute atomic E-state index is 12.4. The van der Waals surface area contributed by atoms with Crippen LogP contribution in [0, 0.1) is 0 Å². The Bertz CT molecular complexity index is 1240. The van der Waals surface area contributed by atoms with E-state index in [9.17, 15) is 4.79 Å². The van der Waals surface area contributed by atoms with Gasteiger partial charge in [-0.25, -0.2) is 9.97 Å². The van der Waals surface area contributed by atoms with Crippen LogP contribution in [0.5, 0.6) is 0 Å². The lowest BCUT2D eigenvalue weighted by Gasteiger charge is -2.18. The summed E-state index contributed by atoms with van der Waals surface area (Å²) in [5.41, 5.74) is 5.44. The van der Waals surface area contributed by atoms with Gasteiger partial charge >= 0.3 is 0 Å². The molecule has 0 radical (unpaired) electrons. The topological polar surface area (TPSA) is 51.0 Å². The number of thioether (sulfide) groups is 1. The molecule has 0 bridgehead atoms. The highest BCUT2D eigenvalue weighted by Gasteiger charge is 2.29. The molecule has 1 aliphatic rings. The van der Waals surface area contributed by atoms with Gasteiger partial charge in [-0.2, -0.15) is 0 Å². The molecule has 1 saturated carbocycles. The summed E-state index contributed by atoms with van der Waals surface area (Å²) in [5, 5.41) is 3.78. The van der Waals surface area contributed by atoms with Crippen LogP contribution in [0.3, 0.4) is 0 Å². The summed E-state index contributed by atoms with van der Waals surface area (Å²) in [7, 11) is 0. The molecule has 0 unspecified atom stereocenters. The minimum absolute atomic E-state index is 0.0374. The second kappa shape index (κ2) is 9.53. The number of rotatable bonds is 8. The standard InChI is InChI=1S/C26H26N4OS2/c1-3-19-9-11-22(12-10-19)29(18(2)31)26-28-21(17-33-26)16-32-25-27-15-24(30(25)23-13-14-23)20-7-5-4-6-8-20/h4-12,15,17,23H,3,13-14,16H2,1-2H3. The summed E-state index contributed by atoms with van der Waals surface area (Å²) in [4.78, 5) is 23.6. The monoisotopic (exact) mass is 474 g/mol. The Hall–Kier alpha value is -2.90. The maximum atomic E-state index is 12.4. The molecule has 5 nitrogen and oxygen atoms in total. The van der Waals surface area contributed by atoms with Crippen LogP contribution in [0.25, 0.3) is 11.3 Å². The first-order valence-electron chi connectivity index (χ1n) is 11.2. The van der Waals surface area contributed by atoms with Gasteiger partial charge in [-0.05, 0) is 42.5 Å². The molecule has 1 aliphatic carbocycles. The van der Waals surface area contributed by atoms with E-state index in [1.165, 1.54) is 41.0 Å². The molecule has 1 amide bonds. The van der Waals surface area contributed by atoms with Gasteiger partial charge in [0, 0.05) is 24.1 Å². The van der Waals surface area contributed by atoms with Crippen molar-refractivity contribution in [3.8, 4) is 11.3 Å². The van der Waals surface area contributed by atoms with Crippen LogP contribution in [0.2, 0.25) is 0 Å². The number of nitrogens with zero attached hydrogens (tertiary/aromatic N) is 4. The fourth-order valence-corrected chi connectivity index (χ4v) is 5.80. The molecular formula is C26H26N4OS2. The first kappa shape index (κ1) is 21.9. The summed E-state index contributed by atoms with van der Waals surface area (Å²) in [5.74, 6) is 0.680. The number of amides is 1. The van der Waals surface area contributed by atoms with Gasteiger partial charge in [-0.1, -0.05) is 61.2 Å². The molecule has 7 heteroatoms. The van der Waals surface area contributed by atoms with E-state index in [1.54, 1.807) is 23.6 Å². The molecule has 2 heterocycles. The number of benzene rings is 2. The van der Waals surface area contributed by atoms with Gasteiger partial charge in [-0.3, -0.25) is 9.69 Å². The van der Waals surface area contributed by atoms with Crippen molar-refractivity contribution < 1.29 is 4.79 Å². The van der Waals surface area contributed by atoms with E-state index < -0.39 is 0 Å². The number of aromatic nitrogens is 3. The van der Waals surface area contributed by atoms with Crippen molar-refractivity contribution in [1.82, 2.24) is 14.5 Å². The number of hydrogen-bond donors (Lipinski definition) is 0. The van der Waals surface area contributed by atoms with Crippen LogP contribution < -0.4 is 4.90 Å². The van der Waals surface area contributed by atoms with Crippen molar-refractivity contribution in [3.05, 3.63) is 77.4 Å². The predicted molar refractivity (Wildman–Crippen MR) is 136 cm³/mol. The molecule has 2 aromatic heterocycles.